The van der Waals surface area contributed by atoms with Crippen molar-refractivity contribution in [1.29, 1.82) is 0 Å². The van der Waals surface area contributed by atoms with Crippen LogP contribution in [0.25, 0.3) is 0 Å². The Kier molecular flexibility index (Phi) is 2.68. The van der Waals surface area contributed by atoms with Crippen molar-refractivity contribution >= 4 is 10.0 Å². The van der Waals surface area contributed by atoms with Gasteiger partial charge in [0.25, 0.3) is 0 Å². The molecule has 0 aromatic carbocycles. The van der Waals surface area contributed by atoms with Crippen molar-refractivity contribution < 1.29 is 13.5 Å². The van der Waals surface area contributed by atoms with Crippen LogP contribution >= 0.6 is 0 Å². The van der Waals surface area contributed by atoms with Crippen LogP contribution in [-0.2, 0) is 10.0 Å². The van der Waals surface area contributed by atoms with Crippen molar-refractivity contribution in [3.63, 3.8) is 0 Å². The van der Waals surface area contributed by atoms with E-state index in [4.69, 9.17) is 5.11 Å². The highest BCUT2D eigenvalue weighted by Gasteiger charge is 2.53. The molecule has 0 aromatic heterocycles. The van der Waals surface area contributed by atoms with E-state index in [1.807, 2.05) is 0 Å². The highest BCUT2D eigenvalue weighted by Crippen LogP contribution is 2.32. The van der Waals surface area contributed by atoms with Gasteiger partial charge in [-0.2, -0.15) is 0 Å². The second-order valence-electron chi connectivity index (χ2n) is 3.56. The Morgan fingerprint density at radius 3 is 2.38 bits per heavy atom. The monoisotopic (exact) mass is 208 g/mol. The third-order valence-corrected chi connectivity index (χ3v) is 5.34. The van der Waals surface area contributed by atoms with Gasteiger partial charge in [-0.3, -0.25) is 0 Å². The summed E-state index contributed by atoms with van der Waals surface area (Å²) in [6.07, 6.45) is 0. The van der Waals surface area contributed by atoms with Gasteiger partial charge in [0.15, 0.2) is 0 Å². The fraction of sp³-hybridized carbons (Fsp3) is 1.00. The van der Waals surface area contributed by atoms with E-state index in [0.29, 0.717) is 0 Å². The van der Waals surface area contributed by atoms with Crippen molar-refractivity contribution in [3.05, 3.63) is 0 Å². The molecule has 5 nitrogen and oxygen atoms in total. The van der Waals surface area contributed by atoms with E-state index >= 15 is 0 Å². The summed E-state index contributed by atoms with van der Waals surface area (Å²) >= 11 is 0. The highest BCUT2D eigenvalue weighted by molar-refractivity contribution is 7.91. The van der Waals surface area contributed by atoms with E-state index in [1.54, 1.807) is 20.9 Å². The van der Waals surface area contributed by atoms with Crippen LogP contribution < -0.4 is 10.0 Å². The predicted molar refractivity (Wildman–Crippen MR) is 49.6 cm³/mol. The highest BCUT2D eigenvalue weighted by atomic mass is 32.2. The maximum Gasteiger partial charge on any atom is 0.230 e. The predicted octanol–water partition coefficient (Wildman–Crippen LogP) is -1.15. The molecular weight excluding hydrogens is 192 g/mol. The molecule has 0 aromatic rings. The molecule has 3 atom stereocenters. The zero-order chi connectivity index (χ0) is 10.3. The number of aliphatic hydroxyl groups is 1. The molecule has 0 saturated carbocycles. The van der Waals surface area contributed by atoms with Gasteiger partial charge in [-0.25, -0.2) is 13.1 Å². The van der Waals surface area contributed by atoms with Crippen LogP contribution in [0, 0.1) is 5.92 Å². The third-order valence-electron chi connectivity index (χ3n) is 3.03. The summed E-state index contributed by atoms with van der Waals surface area (Å²) < 4.78 is 25.7. The number of rotatable bonds is 2. The first-order valence-electron chi connectivity index (χ1n) is 4.20. The van der Waals surface area contributed by atoms with Crippen molar-refractivity contribution in [2.45, 2.75) is 24.8 Å². The lowest BCUT2D eigenvalue weighted by molar-refractivity contribution is 0.211. The summed E-state index contributed by atoms with van der Waals surface area (Å²) in [5.41, 5.74) is 0. The van der Waals surface area contributed by atoms with Crippen LogP contribution in [0.5, 0.6) is 0 Å². The molecule has 0 unspecified atom stereocenters. The molecule has 3 N–H and O–H groups in total. The molecular formula is C7H16N2O3S. The Morgan fingerprint density at radius 2 is 2.15 bits per heavy atom. The minimum Gasteiger partial charge on any atom is -0.395 e. The number of sulfonamides is 1. The van der Waals surface area contributed by atoms with E-state index in [9.17, 15) is 8.42 Å². The molecule has 1 fully saturated rings. The molecule has 78 valence electrons. The third kappa shape index (κ3) is 1.38. The zero-order valence-corrected chi connectivity index (χ0v) is 8.85. The minimum absolute atomic E-state index is 0.160. The topological polar surface area (TPSA) is 78.4 Å². The van der Waals surface area contributed by atoms with Gasteiger partial charge in [0.2, 0.25) is 10.0 Å². The summed E-state index contributed by atoms with van der Waals surface area (Å²) in [5, 5.41) is 11.7. The molecule has 0 aliphatic carbocycles. The summed E-state index contributed by atoms with van der Waals surface area (Å²) in [4.78, 5) is -0.986. The van der Waals surface area contributed by atoms with Gasteiger partial charge in [-0.1, -0.05) is 6.92 Å². The molecule has 6 heteroatoms. The molecule has 1 aliphatic rings. The standard InChI is InChI=1S/C7H16N2O3S/c1-5-6(4-10)9-13(11,12)7(5,2)8-3/h5-6,8-10H,4H2,1-3H3/t5-,6-,7-/m1/s1. The zero-order valence-electron chi connectivity index (χ0n) is 8.03. The Bertz CT molecular complexity index is 290. The van der Waals surface area contributed by atoms with Crippen molar-refractivity contribution in [2.24, 2.45) is 5.92 Å². The fourth-order valence-electron chi connectivity index (χ4n) is 1.61. The van der Waals surface area contributed by atoms with Crippen LogP contribution in [0.4, 0.5) is 0 Å². The lowest BCUT2D eigenvalue weighted by Gasteiger charge is -2.26. The van der Waals surface area contributed by atoms with Crippen molar-refractivity contribution in [1.82, 2.24) is 10.0 Å². The van der Waals surface area contributed by atoms with Crippen molar-refractivity contribution in [2.75, 3.05) is 13.7 Å². The number of hydrogen-bond acceptors (Lipinski definition) is 4. The van der Waals surface area contributed by atoms with Gasteiger partial charge < -0.3 is 10.4 Å². The SMILES string of the molecule is CN[C@@]1(C)[C@H](C)[C@@H](CO)NS1(=O)=O. The summed E-state index contributed by atoms with van der Waals surface area (Å²) in [6, 6.07) is -0.387. The molecule has 1 rings (SSSR count). The average molecular weight is 208 g/mol. The Balaban J connectivity index is 3.09. The number of aliphatic hydroxyl groups excluding tert-OH is 1. The first kappa shape index (κ1) is 10.9. The average Bonchev–Trinajstić information content (AvgIpc) is 2.26. The van der Waals surface area contributed by atoms with Crippen LogP contribution in [0.15, 0.2) is 0 Å². The van der Waals surface area contributed by atoms with Gasteiger partial charge in [0.1, 0.15) is 4.87 Å². The normalized spacial score (nSPS) is 43.7. The lowest BCUT2D eigenvalue weighted by atomic mass is 9.95. The van der Waals surface area contributed by atoms with Crippen LogP contribution in [0.2, 0.25) is 0 Å². The second-order valence-corrected chi connectivity index (χ2v) is 5.65. The summed E-state index contributed by atoms with van der Waals surface area (Å²) in [5.74, 6) is -0.160. The van der Waals surface area contributed by atoms with Gasteiger partial charge in [0.05, 0.1) is 12.6 Å². The molecule has 1 aliphatic heterocycles. The van der Waals surface area contributed by atoms with Crippen LogP contribution in [0.3, 0.4) is 0 Å². The van der Waals surface area contributed by atoms with Gasteiger partial charge in [0, 0.05) is 5.92 Å². The first-order valence-corrected chi connectivity index (χ1v) is 5.69. The molecule has 0 amide bonds. The van der Waals surface area contributed by atoms with E-state index in [2.05, 4.69) is 10.0 Å². The van der Waals surface area contributed by atoms with E-state index in [-0.39, 0.29) is 18.6 Å². The fourth-order valence-corrected chi connectivity index (χ4v) is 3.45. The van der Waals surface area contributed by atoms with Crippen molar-refractivity contribution in [3.8, 4) is 0 Å². The molecule has 0 radical (unpaired) electrons. The van der Waals surface area contributed by atoms with Gasteiger partial charge in [-0.15, -0.1) is 0 Å². The molecule has 1 saturated heterocycles. The number of nitrogens with one attached hydrogen (secondary N) is 2. The number of hydrogen-bond donors (Lipinski definition) is 3. The smallest absolute Gasteiger partial charge is 0.230 e. The maximum absolute atomic E-state index is 11.6. The Hall–Kier alpha value is -0.170. The van der Waals surface area contributed by atoms with Gasteiger partial charge in [-0.05, 0) is 14.0 Å². The van der Waals surface area contributed by atoms with E-state index in [1.165, 1.54) is 0 Å². The van der Waals surface area contributed by atoms with Crippen LogP contribution in [-0.4, -0.2) is 38.1 Å². The molecule has 1 heterocycles. The van der Waals surface area contributed by atoms with Crippen LogP contribution in [0.1, 0.15) is 13.8 Å². The molecule has 0 spiro atoms. The molecule has 0 bridgehead atoms. The van der Waals surface area contributed by atoms with Gasteiger partial charge >= 0.3 is 0 Å². The van der Waals surface area contributed by atoms with E-state index in [0.717, 1.165) is 0 Å². The second kappa shape index (κ2) is 3.20. The largest absolute Gasteiger partial charge is 0.395 e. The summed E-state index contributed by atoms with van der Waals surface area (Å²) in [6.45, 7) is 3.25. The molecule has 13 heavy (non-hydrogen) atoms. The quantitative estimate of drug-likeness (QED) is 0.535. The Morgan fingerprint density at radius 1 is 1.62 bits per heavy atom. The minimum atomic E-state index is -3.37. The maximum atomic E-state index is 11.6. The Labute approximate surface area is 78.6 Å². The summed E-state index contributed by atoms with van der Waals surface area (Å²) in [7, 11) is -1.76. The lowest BCUT2D eigenvalue weighted by Crippen LogP contribution is -2.49. The first-order chi connectivity index (χ1) is 5.89. The van der Waals surface area contributed by atoms with E-state index < -0.39 is 14.9 Å².